The molecule has 27 heavy (non-hydrogen) atoms. The summed E-state index contributed by atoms with van der Waals surface area (Å²) in [6.07, 6.45) is -0.146. The number of amides is 1. The summed E-state index contributed by atoms with van der Waals surface area (Å²) in [6, 6.07) is 9.43. The lowest BCUT2D eigenvalue weighted by Gasteiger charge is -2.15. The number of hydrogen-bond donors (Lipinski definition) is 1. The van der Waals surface area contributed by atoms with E-state index < -0.39 is 36.2 Å². The summed E-state index contributed by atoms with van der Waals surface area (Å²) in [5.74, 6) is -2.73. The molecule has 0 saturated heterocycles. The van der Waals surface area contributed by atoms with E-state index in [-0.39, 0.29) is 12.0 Å². The van der Waals surface area contributed by atoms with Crippen LogP contribution in [0, 0.1) is 11.6 Å². The minimum absolute atomic E-state index is 0.130. The molecule has 8 heteroatoms. The van der Waals surface area contributed by atoms with Gasteiger partial charge in [0.1, 0.15) is 17.3 Å². The highest BCUT2D eigenvalue weighted by Gasteiger charge is 2.17. The lowest BCUT2D eigenvalue weighted by molar-refractivity contribution is -0.148. The fourth-order valence-corrected chi connectivity index (χ4v) is 2.61. The molecule has 3 aromatic rings. The van der Waals surface area contributed by atoms with Crippen LogP contribution in [0.2, 0.25) is 0 Å². The molecule has 2 aromatic carbocycles. The number of aromatic nitrogens is 1. The van der Waals surface area contributed by atoms with Gasteiger partial charge in [-0.3, -0.25) is 9.59 Å². The second kappa shape index (κ2) is 7.94. The highest BCUT2D eigenvalue weighted by atomic mass is 19.1. The highest BCUT2D eigenvalue weighted by molar-refractivity contribution is 5.85. The summed E-state index contributed by atoms with van der Waals surface area (Å²) in [4.78, 5) is 23.8. The number of nitrogens with one attached hydrogen (secondary N) is 1. The third-order valence-electron chi connectivity index (χ3n) is 3.93. The second-order valence-electron chi connectivity index (χ2n) is 5.92. The van der Waals surface area contributed by atoms with E-state index in [1.165, 1.54) is 13.0 Å². The van der Waals surface area contributed by atoms with Gasteiger partial charge in [0.25, 0.3) is 5.91 Å². The molecular formula is C19H16F2N2O4. The van der Waals surface area contributed by atoms with Crippen molar-refractivity contribution in [2.24, 2.45) is 0 Å². The van der Waals surface area contributed by atoms with Gasteiger partial charge in [0, 0.05) is 17.0 Å². The number of carbonyl (C=O) groups excluding carboxylic acids is 2. The zero-order valence-corrected chi connectivity index (χ0v) is 14.4. The van der Waals surface area contributed by atoms with Crippen LogP contribution in [0.1, 0.15) is 24.2 Å². The molecule has 140 valence electrons. The van der Waals surface area contributed by atoms with Crippen LogP contribution in [0.15, 0.2) is 47.0 Å². The number of para-hydroxylation sites is 1. The van der Waals surface area contributed by atoms with Gasteiger partial charge in [0.05, 0.1) is 12.5 Å². The number of fused-ring (bicyclic) bond motifs is 1. The Kier molecular flexibility index (Phi) is 5.44. The Morgan fingerprint density at radius 2 is 2.00 bits per heavy atom. The molecule has 0 aliphatic heterocycles. The summed E-state index contributed by atoms with van der Waals surface area (Å²) in [7, 11) is 0. The number of carbonyl (C=O) groups is 2. The number of esters is 1. The van der Waals surface area contributed by atoms with Crippen LogP contribution in [-0.4, -0.2) is 23.6 Å². The van der Waals surface area contributed by atoms with E-state index in [2.05, 4.69) is 10.5 Å². The third kappa shape index (κ3) is 4.46. The van der Waals surface area contributed by atoms with Gasteiger partial charge in [-0.05, 0) is 25.1 Å². The lowest BCUT2D eigenvalue weighted by atomic mass is 10.1. The SMILES string of the molecule is C[C@@H](NC(=O)COC(=O)Cc1noc2ccccc12)c1ccc(F)cc1F. The first kappa shape index (κ1) is 18.5. The number of halogens is 2. The first-order valence-electron chi connectivity index (χ1n) is 8.17. The summed E-state index contributed by atoms with van der Waals surface area (Å²) in [5.41, 5.74) is 1.09. The minimum atomic E-state index is -0.766. The Morgan fingerprint density at radius 1 is 1.22 bits per heavy atom. The molecule has 0 spiro atoms. The third-order valence-corrected chi connectivity index (χ3v) is 3.93. The number of ether oxygens (including phenoxy) is 1. The average Bonchev–Trinajstić information content (AvgIpc) is 3.03. The van der Waals surface area contributed by atoms with Crippen molar-refractivity contribution in [1.82, 2.24) is 10.5 Å². The van der Waals surface area contributed by atoms with E-state index in [0.29, 0.717) is 16.7 Å². The molecule has 1 atom stereocenters. The average molecular weight is 374 g/mol. The van der Waals surface area contributed by atoms with Crippen molar-refractivity contribution in [2.45, 2.75) is 19.4 Å². The predicted octanol–water partition coefficient (Wildman–Crippen LogP) is 3.07. The Balaban J connectivity index is 1.52. The molecule has 0 radical (unpaired) electrons. The smallest absolute Gasteiger partial charge is 0.312 e. The van der Waals surface area contributed by atoms with Gasteiger partial charge < -0.3 is 14.6 Å². The molecule has 3 rings (SSSR count). The zero-order chi connectivity index (χ0) is 19.4. The van der Waals surface area contributed by atoms with Crippen LogP contribution in [0.25, 0.3) is 11.0 Å². The van der Waals surface area contributed by atoms with Crippen molar-refractivity contribution in [3.05, 3.63) is 65.4 Å². The fraction of sp³-hybridized carbons (Fsp3) is 0.211. The maximum Gasteiger partial charge on any atom is 0.312 e. The number of benzene rings is 2. The van der Waals surface area contributed by atoms with E-state index in [0.717, 1.165) is 12.1 Å². The first-order chi connectivity index (χ1) is 12.9. The fourth-order valence-electron chi connectivity index (χ4n) is 2.61. The van der Waals surface area contributed by atoms with Gasteiger partial charge in [-0.15, -0.1) is 0 Å². The van der Waals surface area contributed by atoms with Gasteiger partial charge >= 0.3 is 5.97 Å². The van der Waals surface area contributed by atoms with Crippen molar-refractivity contribution >= 4 is 22.8 Å². The zero-order valence-electron chi connectivity index (χ0n) is 14.4. The Bertz CT molecular complexity index is 987. The predicted molar refractivity (Wildman–Crippen MR) is 91.6 cm³/mol. The molecule has 0 unspecified atom stereocenters. The molecular weight excluding hydrogens is 358 g/mol. The quantitative estimate of drug-likeness (QED) is 0.671. The lowest BCUT2D eigenvalue weighted by Crippen LogP contribution is -2.31. The van der Waals surface area contributed by atoms with Crippen molar-refractivity contribution in [3.63, 3.8) is 0 Å². The van der Waals surface area contributed by atoms with Crippen molar-refractivity contribution in [1.29, 1.82) is 0 Å². The Hall–Kier alpha value is -3.29. The molecule has 1 heterocycles. The summed E-state index contributed by atoms with van der Waals surface area (Å²) in [6.45, 7) is 1.01. The van der Waals surface area contributed by atoms with Gasteiger partial charge in [-0.25, -0.2) is 8.78 Å². The van der Waals surface area contributed by atoms with Crippen LogP contribution >= 0.6 is 0 Å². The Morgan fingerprint density at radius 3 is 2.78 bits per heavy atom. The standard InChI is InChI=1S/C19H16F2N2O4/c1-11(13-7-6-12(20)8-15(13)21)22-18(24)10-26-19(25)9-16-14-4-2-3-5-17(14)27-23-16/h2-8,11H,9-10H2,1H3,(H,22,24)/t11-/m1/s1. The molecule has 0 aliphatic rings. The Labute approximate surface area is 153 Å². The van der Waals surface area contributed by atoms with Crippen molar-refractivity contribution in [2.75, 3.05) is 6.61 Å². The molecule has 0 saturated carbocycles. The van der Waals surface area contributed by atoms with Gasteiger partial charge in [0.2, 0.25) is 0 Å². The molecule has 1 N–H and O–H groups in total. The number of rotatable bonds is 6. The topological polar surface area (TPSA) is 81.4 Å². The van der Waals surface area contributed by atoms with E-state index in [9.17, 15) is 18.4 Å². The largest absolute Gasteiger partial charge is 0.455 e. The normalized spacial score (nSPS) is 12.0. The van der Waals surface area contributed by atoms with Crippen LogP contribution in [0.4, 0.5) is 8.78 Å². The highest BCUT2D eigenvalue weighted by Crippen LogP contribution is 2.19. The first-order valence-corrected chi connectivity index (χ1v) is 8.17. The molecule has 1 aromatic heterocycles. The van der Waals surface area contributed by atoms with Crippen LogP contribution in [0.5, 0.6) is 0 Å². The van der Waals surface area contributed by atoms with Crippen LogP contribution in [0.3, 0.4) is 0 Å². The molecule has 0 aliphatic carbocycles. The second-order valence-corrected chi connectivity index (χ2v) is 5.92. The minimum Gasteiger partial charge on any atom is -0.455 e. The maximum atomic E-state index is 13.7. The molecule has 1 amide bonds. The van der Waals surface area contributed by atoms with Crippen molar-refractivity contribution in [3.8, 4) is 0 Å². The molecule has 6 nitrogen and oxygen atoms in total. The summed E-state index contributed by atoms with van der Waals surface area (Å²) < 4.78 is 36.7. The van der Waals surface area contributed by atoms with E-state index in [1.54, 1.807) is 24.3 Å². The van der Waals surface area contributed by atoms with Gasteiger partial charge in [0.15, 0.2) is 12.2 Å². The molecule has 0 bridgehead atoms. The number of hydrogen-bond acceptors (Lipinski definition) is 5. The van der Waals surface area contributed by atoms with E-state index in [1.807, 2.05) is 0 Å². The maximum absolute atomic E-state index is 13.7. The van der Waals surface area contributed by atoms with Crippen LogP contribution in [-0.2, 0) is 20.7 Å². The van der Waals surface area contributed by atoms with E-state index >= 15 is 0 Å². The van der Waals surface area contributed by atoms with Crippen molar-refractivity contribution < 1.29 is 27.6 Å². The van der Waals surface area contributed by atoms with Gasteiger partial charge in [-0.1, -0.05) is 23.4 Å². The number of nitrogens with zero attached hydrogens (tertiary/aromatic N) is 1. The monoisotopic (exact) mass is 374 g/mol. The van der Waals surface area contributed by atoms with E-state index in [4.69, 9.17) is 9.26 Å². The van der Waals surface area contributed by atoms with Gasteiger partial charge in [-0.2, -0.15) is 0 Å². The molecule has 0 fully saturated rings. The van der Waals surface area contributed by atoms with Crippen LogP contribution < -0.4 is 5.32 Å². The summed E-state index contributed by atoms with van der Waals surface area (Å²) in [5, 5.41) is 7.00. The summed E-state index contributed by atoms with van der Waals surface area (Å²) >= 11 is 0.